The van der Waals surface area contributed by atoms with E-state index in [0.717, 1.165) is 11.0 Å². The fourth-order valence-corrected chi connectivity index (χ4v) is 6.72. The van der Waals surface area contributed by atoms with E-state index in [-0.39, 0.29) is 0 Å². The Bertz CT molecular complexity index is 1600. The standard InChI is InChI=1S/C32H28BNO2S/c1-30(2,35)31(3,4)36-33-21-14-15-23-22-9-5-6-10-24(22)32(26(23)18-21)25-11-7-8-12-28(25)37-29-16-13-20(19-34)17-27(29)32/h5-18,33,35H,1-4H3. The second-order valence-corrected chi connectivity index (χ2v) is 12.0. The molecule has 0 aromatic heterocycles. The van der Waals surface area contributed by atoms with Crippen LogP contribution in [0.1, 0.15) is 55.5 Å². The van der Waals surface area contributed by atoms with E-state index in [1.54, 1.807) is 25.6 Å². The number of nitriles is 1. The molecule has 182 valence electrons. The van der Waals surface area contributed by atoms with Gasteiger partial charge in [0.1, 0.15) is 0 Å². The van der Waals surface area contributed by atoms with Gasteiger partial charge in [0.15, 0.2) is 0 Å². The summed E-state index contributed by atoms with van der Waals surface area (Å²) < 4.78 is 6.27. The van der Waals surface area contributed by atoms with Gasteiger partial charge in [-0.1, -0.05) is 77.9 Å². The van der Waals surface area contributed by atoms with E-state index in [2.05, 4.69) is 84.9 Å². The zero-order valence-corrected chi connectivity index (χ0v) is 22.3. The second-order valence-electron chi connectivity index (χ2n) is 11.0. The molecule has 0 amide bonds. The molecule has 1 aliphatic heterocycles. The number of rotatable bonds is 4. The van der Waals surface area contributed by atoms with Crippen molar-refractivity contribution >= 4 is 24.7 Å². The number of hydrogen-bond donors (Lipinski definition) is 1. The predicted octanol–water partition coefficient (Wildman–Crippen LogP) is 5.93. The van der Waals surface area contributed by atoms with Crippen molar-refractivity contribution in [1.82, 2.24) is 0 Å². The third-order valence-corrected chi connectivity index (χ3v) is 9.36. The SMILES string of the molecule is CC(C)(O)C(C)(C)OBc1ccc2c(c1)C1(c3ccccc3Sc3ccc(C#N)cc31)c1ccccc1-2. The minimum Gasteiger partial charge on any atom is -0.427 e. The highest BCUT2D eigenvalue weighted by Gasteiger charge is 2.50. The topological polar surface area (TPSA) is 53.2 Å². The van der Waals surface area contributed by atoms with Crippen LogP contribution in [0, 0.1) is 11.3 Å². The summed E-state index contributed by atoms with van der Waals surface area (Å²) in [6.45, 7) is 7.40. The molecule has 1 heterocycles. The summed E-state index contributed by atoms with van der Waals surface area (Å²) in [6.07, 6.45) is 0. The van der Waals surface area contributed by atoms with Crippen LogP contribution < -0.4 is 5.46 Å². The summed E-state index contributed by atoms with van der Waals surface area (Å²) >= 11 is 1.77. The molecular formula is C32H28BNO2S. The Morgan fingerprint density at radius 3 is 2.22 bits per heavy atom. The van der Waals surface area contributed by atoms with Gasteiger partial charge in [0.25, 0.3) is 0 Å². The van der Waals surface area contributed by atoms with Crippen molar-refractivity contribution < 1.29 is 9.76 Å². The van der Waals surface area contributed by atoms with Crippen LogP contribution in [0.15, 0.2) is 94.7 Å². The quantitative estimate of drug-likeness (QED) is 0.305. The molecule has 4 aromatic carbocycles. The monoisotopic (exact) mass is 501 g/mol. The van der Waals surface area contributed by atoms with Gasteiger partial charge in [0.2, 0.25) is 0 Å². The molecule has 0 radical (unpaired) electrons. The van der Waals surface area contributed by atoms with E-state index < -0.39 is 16.6 Å². The van der Waals surface area contributed by atoms with E-state index in [0.29, 0.717) is 13.0 Å². The lowest BCUT2D eigenvalue weighted by Crippen LogP contribution is -2.49. The molecule has 5 heteroatoms. The first kappa shape index (κ1) is 24.1. The molecular weight excluding hydrogens is 473 g/mol. The first-order valence-electron chi connectivity index (χ1n) is 12.6. The van der Waals surface area contributed by atoms with Gasteiger partial charge in [-0.3, -0.25) is 0 Å². The molecule has 0 fully saturated rings. The van der Waals surface area contributed by atoms with Gasteiger partial charge >= 0.3 is 7.48 Å². The van der Waals surface area contributed by atoms with Crippen LogP contribution in [0.5, 0.6) is 0 Å². The van der Waals surface area contributed by atoms with Crippen LogP contribution >= 0.6 is 11.8 Å². The van der Waals surface area contributed by atoms with Crippen molar-refractivity contribution in [2.24, 2.45) is 0 Å². The molecule has 4 aromatic rings. The van der Waals surface area contributed by atoms with Crippen LogP contribution in [-0.2, 0) is 10.1 Å². The molecule has 1 spiro atoms. The largest absolute Gasteiger partial charge is 0.427 e. The zero-order chi connectivity index (χ0) is 26.0. The summed E-state index contributed by atoms with van der Waals surface area (Å²) in [5.74, 6) is 0. The summed E-state index contributed by atoms with van der Waals surface area (Å²) in [6, 6.07) is 32.3. The van der Waals surface area contributed by atoms with Crippen molar-refractivity contribution in [1.29, 1.82) is 5.26 Å². The molecule has 1 N–H and O–H groups in total. The van der Waals surface area contributed by atoms with Gasteiger partial charge in [-0.2, -0.15) is 5.26 Å². The van der Waals surface area contributed by atoms with Gasteiger partial charge < -0.3 is 9.76 Å². The fraction of sp³-hybridized carbons (Fsp3) is 0.219. The minimum atomic E-state index is -0.979. The lowest BCUT2D eigenvalue weighted by molar-refractivity contribution is -0.0893. The molecule has 0 bridgehead atoms. The normalized spacial score (nSPS) is 17.4. The van der Waals surface area contributed by atoms with Crippen LogP contribution in [0.3, 0.4) is 0 Å². The van der Waals surface area contributed by atoms with Gasteiger partial charge in [-0.15, -0.1) is 0 Å². The first-order chi connectivity index (χ1) is 17.7. The maximum Gasteiger partial charge on any atom is 0.309 e. The van der Waals surface area contributed by atoms with Crippen molar-refractivity contribution in [3.05, 3.63) is 113 Å². The lowest BCUT2D eigenvalue weighted by atomic mass is 9.66. The van der Waals surface area contributed by atoms with Crippen molar-refractivity contribution in [2.45, 2.75) is 54.1 Å². The summed E-state index contributed by atoms with van der Waals surface area (Å²) in [5, 5.41) is 20.4. The first-order valence-corrected chi connectivity index (χ1v) is 13.4. The minimum absolute atomic E-state index is 0.387. The Kier molecular flexibility index (Phi) is 5.44. The van der Waals surface area contributed by atoms with Gasteiger partial charge in [0.05, 0.1) is 28.2 Å². The third-order valence-electron chi connectivity index (χ3n) is 8.21. The highest BCUT2D eigenvalue weighted by Crippen LogP contribution is 2.61. The van der Waals surface area contributed by atoms with E-state index in [4.69, 9.17) is 4.65 Å². The zero-order valence-electron chi connectivity index (χ0n) is 21.5. The molecule has 6 rings (SSSR count). The smallest absolute Gasteiger partial charge is 0.309 e. The number of hydrogen-bond acceptors (Lipinski definition) is 4. The Labute approximate surface area is 223 Å². The predicted molar refractivity (Wildman–Crippen MR) is 151 cm³/mol. The van der Waals surface area contributed by atoms with Crippen LogP contribution in [0.25, 0.3) is 11.1 Å². The van der Waals surface area contributed by atoms with Crippen LogP contribution in [0.2, 0.25) is 0 Å². The molecule has 0 saturated carbocycles. The number of nitrogens with zero attached hydrogens (tertiary/aromatic N) is 1. The van der Waals surface area contributed by atoms with E-state index in [9.17, 15) is 10.4 Å². The maximum absolute atomic E-state index is 10.6. The van der Waals surface area contributed by atoms with Gasteiger partial charge in [0, 0.05) is 9.79 Å². The Hall–Kier alpha value is -3.30. The average Bonchev–Trinajstić information content (AvgIpc) is 3.17. The van der Waals surface area contributed by atoms with Crippen molar-refractivity contribution in [3.63, 3.8) is 0 Å². The average molecular weight is 501 g/mol. The summed E-state index contributed by atoms with van der Waals surface area (Å²) in [5.41, 5.74) is 6.75. The number of aliphatic hydroxyl groups is 1. The fourth-order valence-electron chi connectivity index (χ4n) is 5.55. The van der Waals surface area contributed by atoms with Gasteiger partial charge in [-0.25, -0.2) is 0 Å². The highest BCUT2D eigenvalue weighted by atomic mass is 32.2. The van der Waals surface area contributed by atoms with Gasteiger partial charge in [-0.05, 0) is 85.3 Å². The lowest BCUT2D eigenvalue weighted by Gasteiger charge is -2.40. The summed E-state index contributed by atoms with van der Waals surface area (Å²) in [7, 11) is 0.387. The molecule has 1 aliphatic carbocycles. The third kappa shape index (κ3) is 3.51. The second kappa shape index (κ2) is 8.36. The van der Waals surface area contributed by atoms with Crippen LogP contribution in [0.4, 0.5) is 0 Å². The highest BCUT2D eigenvalue weighted by molar-refractivity contribution is 7.99. The molecule has 2 aliphatic rings. The van der Waals surface area contributed by atoms with Crippen LogP contribution in [-0.4, -0.2) is 23.8 Å². The maximum atomic E-state index is 10.6. The molecule has 37 heavy (non-hydrogen) atoms. The van der Waals surface area contributed by atoms with Crippen molar-refractivity contribution in [2.75, 3.05) is 0 Å². The Morgan fingerprint density at radius 2 is 1.46 bits per heavy atom. The Balaban J connectivity index is 1.62. The summed E-state index contributed by atoms with van der Waals surface area (Å²) in [4.78, 5) is 2.40. The van der Waals surface area contributed by atoms with E-state index in [1.165, 1.54) is 37.6 Å². The molecule has 1 atom stereocenters. The molecule has 3 nitrogen and oxygen atoms in total. The van der Waals surface area contributed by atoms with Crippen molar-refractivity contribution in [3.8, 4) is 17.2 Å². The van der Waals surface area contributed by atoms with E-state index in [1.807, 2.05) is 19.9 Å². The number of fused-ring (bicyclic) bond motifs is 9. The molecule has 1 unspecified atom stereocenters. The van der Waals surface area contributed by atoms with E-state index >= 15 is 0 Å². The number of benzene rings is 4. The molecule has 0 saturated heterocycles. The Morgan fingerprint density at radius 1 is 0.784 bits per heavy atom.